The number of hydrogen-bond acceptors (Lipinski definition) is 2. The molecule has 0 unspecified atom stereocenters. The number of halogens is 2. The fraction of sp³-hybridized carbons (Fsp3) is 0.533. The van der Waals surface area contributed by atoms with Gasteiger partial charge in [-0.05, 0) is 37.0 Å². The third-order valence-corrected chi connectivity index (χ3v) is 4.26. The average Bonchev–Trinajstić information content (AvgIpc) is 3.24. The van der Waals surface area contributed by atoms with Crippen molar-refractivity contribution in [3.05, 3.63) is 33.8 Å². The molecule has 0 saturated heterocycles. The number of benzene rings is 1. The molecule has 1 atom stereocenters. The van der Waals surface area contributed by atoms with Crippen LogP contribution < -0.4 is 5.73 Å². The number of rotatable bonds is 6. The summed E-state index contributed by atoms with van der Waals surface area (Å²) in [5, 5.41) is 1.05. The molecule has 0 radical (unpaired) electrons. The first-order valence-corrected chi connectivity index (χ1v) is 7.78. The number of amides is 1. The van der Waals surface area contributed by atoms with Crippen molar-refractivity contribution < 1.29 is 4.79 Å². The molecule has 1 fully saturated rings. The van der Waals surface area contributed by atoms with Crippen molar-refractivity contribution in [1.82, 2.24) is 4.90 Å². The zero-order chi connectivity index (χ0) is 14.7. The molecule has 0 aromatic heterocycles. The molecule has 110 valence electrons. The summed E-state index contributed by atoms with van der Waals surface area (Å²) in [6.07, 6.45) is 3.76. The lowest BCUT2D eigenvalue weighted by Gasteiger charge is -2.26. The first-order chi connectivity index (χ1) is 9.52. The van der Waals surface area contributed by atoms with Crippen LogP contribution in [0.3, 0.4) is 0 Å². The molecular weight excluding hydrogens is 295 g/mol. The fourth-order valence-corrected chi connectivity index (χ4v) is 2.58. The van der Waals surface area contributed by atoms with Crippen LogP contribution in [0.15, 0.2) is 18.2 Å². The minimum absolute atomic E-state index is 0.0421. The van der Waals surface area contributed by atoms with Crippen LogP contribution in [0.5, 0.6) is 0 Å². The van der Waals surface area contributed by atoms with E-state index in [4.69, 9.17) is 28.9 Å². The molecule has 0 bridgehead atoms. The molecule has 1 amide bonds. The van der Waals surface area contributed by atoms with Gasteiger partial charge in [-0.3, -0.25) is 4.79 Å². The summed E-state index contributed by atoms with van der Waals surface area (Å²) in [4.78, 5) is 14.3. The Morgan fingerprint density at radius 2 is 2.10 bits per heavy atom. The van der Waals surface area contributed by atoms with Gasteiger partial charge in [-0.25, -0.2) is 0 Å². The van der Waals surface area contributed by atoms with Gasteiger partial charge < -0.3 is 10.6 Å². The van der Waals surface area contributed by atoms with Gasteiger partial charge in [0.05, 0.1) is 16.1 Å². The van der Waals surface area contributed by atoms with E-state index in [0.29, 0.717) is 22.6 Å². The third-order valence-electron chi connectivity index (χ3n) is 3.52. The van der Waals surface area contributed by atoms with Gasteiger partial charge in [0, 0.05) is 12.6 Å². The van der Waals surface area contributed by atoms with E-state index in [2.05, 4.69) is 0 Å². The van der Waals surface area contributed by atoms with Crippen LogP contribution in [0.4, 0.5) is 0 Å². The smallest absolute Gasteiger partial charge is 0.240 e. The molecule has 1 aliphatic rings. The molecule has 1 aromatic carbocycles. The van der Waals surface area contributed by atoms with E-state index in [0.717, 1.165) is 31.2 Å². The largest absolute Gasteiger partial charge is 0.334 e. The van der Waals surface area contributed by atoms with Gasteiger partial charge in [-0.1, -0.05) is 42.6 Å². The predicted molar refractivity (Wildman–Crippen MR) is 82.9 cm³/mol. The maximum Gasteiger partial charge on any atom is 0.240 e. The van der Waals surface area contributed by atoms with Crippen molar-refractivity contribution in [2.24, 2.45) is 5.73 Å². The van der Waals surface area contributed by atoms with Crippen LogP contribution in [0.25, 0.3) is 0 Å². The normalized spacial score (nSPS) is 16.0. The van der Waals surface area contributed by atoms with Crippen molar-refractivity contribution >= 4 is 29.1 Å². The van der Waals surface area contributed by atoms with Crippen LogP contribution in [0.1, 0.15) is 38.2 Å². The molecule has 20 heavy (non-hydrogen) atoms. The van der Waals surface area contributed by atoms with E-state index in [1.165, 1.54) is 0 Å². The summed E-state index contributed by atoms with van der Waals surface area (Å²) >= 11 is 11.9. The van der Waals surface area contributed by atoms with Gasteiger partial charge in [-0.2, -0.15) is 0 Å². The van der Waals surface area contributed by atoms with E-state index in [1.807, 2.05) is 24.0 Å². The highest BCUT2D eigenvalue weighted by Gasteiger charge is 2.34. The second-order valence-electron chi connectivity index (χ2n) is 5.34. The van der Waals surface area contributed by atoms with Crippen LogP contribution in [0, 0.1) is 0 Å². The van der Waals surface area contributed by atoms with Crippen molar-refractivity contribution in [2.75, 3.05) is 0 Å². The van der Waals surface area contributed by atoms with Crippen molar-refractivity contribution in [2.45, 2.75) is 51.2 Å². The molecule has 1 saturated carbocycles. The Hall–Kier alpha value is -0.770. The summed E-state index contributed by atoms with van der Waals surface area (Å²) < 4.78 is 0. The van der Waals surface area contributed by atoms with E-state index >= 15 is 0 Å². The molecular formula is C15H20Cl2N2O. The Morgan fingerprint density at radius 3 is 2.65 bits per heavy atom. The monoisotopic (exact) mass is 314 g/mol. The first kappa shape index (κ1) is 15.6. The maximum absolute atomic E-state index is 12.4. The van der Waals surface area contributed by atoms with E-state index in [-0.39, 0.29) is 5.91 Å². The molecule has 2 rings (SSSR count). The number of carbonyl (C=O) groups is 1. The number of nitrogens with zero attached hydrogens (tertiary/aromatic N) is 1. The molecule has 1 aliphatic carbocycles. The van der Waals surface area contributed by atoms with Crippen LogP contribution >= 0.6 is 23.2 Å². The first-order valence-electron chi connectivity index (χ1n) is 7.03. The third kappa shape index (κ3) is 3.87. The van der Waals surface area contributed by atoms with Gasteiger partial charge in [0.15, 0.2) is 0 Å². The minimum Gasteiger partial charge on any atom is -0.334 e. The SMILES string of the molecule is CCC[C@H](N)C(=O)N(Cc1ccc(Cl)c(Cl)c1)C1CC1. The van der Waals surface area contributed by atoms with Crippen molar-refractivity contribution in [3.63, 3.8) is 0 Å². The number of carbonyl (C=O) groups excluding carboxylic acids is 1. The highest BCUT2D eigenvalue weighted by molar-refractivity contribution is 6.42. The lowest BCUT2D eigenvalue weighted by molar-refractivity contribution is -0.134. The molecule has 0 heterocycles. The molecule has 5 heteroatoms. The van der Waals surface area contributed by atoms with Gasteiger partial charge in [-0.15, -0.1) is 0 Å². The molecule has 0 spiro atoms. The van der Waals surface area contributed by atoms with Crippen LogP contribution in [-0.4, -0.2) is 22.9 Å². The van der Waals surface area contributed by atoms with E-state index in [1.54, 1.807) is 6.07 Å². The topological polar surface area (TPSA) is 46.3 Å². The lowest BCUT2D eigenvalue weighted by atomic mass is 10.1. The maximum atomic E-state index is 12.4. The molecule has 3 nitrogen and oxygen atoms in total. The van der Waals surface area contributed by atoms with Crippen LogP contribution in [-0.2, 0) is 11.3 Å². The molecule has 0 aliphatic heterocycles. The molecule has 1 aromatic rings. The standard InChI is InChI=1S/C15H20Cl2N2O/c1-2-3-14(18)15(20)19(11-5-6-11)9-10-4-7-12(16)13(17)8-10/h4,7-8,11,14H,2-3,5-6,9,18H2,1H3/t14-/m0/s1. The van der Waals surface area contributed by atoms with Gasteiger partial charge in [0.2, 0.25) is 5.91 Å². The van der Waals surface area contributed by atoms with Gasteiger partial charge in [0.25, 0.3) is 0 Å². The predicted octanol–water partition coefficient (Wildman–Crippen LogP) is 3.61. The minimum atomic E-state index is -0.400. The van der Waals surface area contributed by atoms with Crippen molar-refractivity contribution in [1.29, 1.82) is 0 Å². The Bertz CT molecular complexity index is 489. The molecule has 2 N–H and O–H groups in total. The summed E-state index contributed by atoms with van der Waals surface area (Å²) in [6.45, 7) is 2.59. The summed E-state index contributed by atoms with van der Waals surface area (Å²) in [7, 11) is 0. The van der Waals surface area contributed by atoms with E-state index in [9.17, 15) is 4.79 Å². The Balaban J connectivity index is 2.09. The van der Waals surface area contributed by atoms with E-state index < -0.39 is 6.04 Å². The zero-order valence-corrected chi connectivity index (χ0v) is 13.1. The zero-order valence-electron chi connectivity index (χ0n) is 11.6. The second-order valence-corrected chi connectivity index (χ2v) is 6.16. The quantitative estimate of drug-likeness (QED) is 0.871. The van der Waals surface area contributed by atoms with Gasteiger partial charge >= 0.3 is 0 Å². The Kier molecular flexibility index (Phi) is 5.30. The highest BCUT2D eigenvalue weighted by atomic mass is 35.5. The summed E-state index contributed by atoms with van der Waals surface area (Å²) in [5.74, 6) is 0.0421. The number of nitrogens with two attached hydrogens (primary N) is 1. The average molecular weight is 315 g/mol. The number of hydrogen-bond donors (Lipinski definition) is 1. The lowest BCUT2D eigenvalue weighted by Crippen LogP contribution is -2.44. The van der Waals surface area contributed by atoms with Crippen molar-refractivity contribution in [3.8, 4) is 0 Å². The Labute approximate surface area is 130 Å². The summed E-state index contributed by atoms with van der Waals surface area (Å²) in [5.41, 5.74) is 6.95. The second kappa shape index (κ2) is 6.79. The Morgan fingerprint density at radius 1 is 1.40 bits per heavy atom. The highest BCUT2D eigenvalue weighted by Crippen LogP contribution is 2.30. The van der Waals surface area contributed by atoms with Crippen LogP contribution in [0.2, 0.25) is 10.0 Å². The van der Waals surface area contributed by atoms with Gasteiger partial charge in [0.1, 0.15) is 0 Å². The fourth-order valence-electron chi connectivity index (χ4n) is 2.26. The summed E-state index contributed by atoms with van der Waals surface area (Å²) in [6, 6.07) is 5.42.